The van der Waals surface area contributed by atoms with Gasteiger partial charge in [0.1, 0.15) is 5.69 Å². The quantitative estimate of drug-likeness (QED) is 0.473. The normalized spacial score (nSPS) is 16.3. The van der Waals surface area contributed by atoms with Crippen LogP contribution < -0.4 is 5.32 Å². The molecule has 1 aliphatic heterocycles. The lowest BCUT2D eigenvalue weighted by atomic mass is 10.0. The van der Waals surface area contributed by atoms with E-state index in [1.807, 2.05) is 36.4 Å². The number of fused-ring (bicyclic) bond motifs is 2. The van der Waals surface area contributed by atoms with E-state index in [9.17, 15) is 4.79 Å². The molecule has 0 bridgehead atoms. The van der Waals surface area contributed by atoms with Crippen LogP contribution in [0.5, 0.6) is 0 Å². The Balaban J connectivity index is 1.39. The molecule has 0 spiro atoms. The van der Waals surface area contributed by atoms with Gasteiger partial charge in [0, 0.05) is 41.6 Å². The molecule has 7 nitrogen and oxygen atoms in total. The summed E-state index contributed by atoms with van der Waals surface area (Å²) in [6.45, 7) is 5.10. The fourth-order valence-corrected chi connectivity index (χ4v) is 5.31. The van der Waals surface area contributed by atoms with Gasteiger partial charge in [-0.05, 0) is 25.5 Å². The van der Waals surface area contributed by atoms with Crippen molar-refractivity contribution in [2.24, 2.45) is 0 Å². The van der Waals surface area contributed by atoms with Crippen molar-refractivity contribution >= 4 is 33.5 Å². The lowest BCUT2D eigenvalue weighted by Crippen LogP contribution is -2.29. The van der Waals surface area contributed by atoms with E-state index >= 15 is 0 Å². The maximum atomic E-state index is 13.5. The maximum absolute atomic E-state index is 13.5. The molecule has 1 saturated carbocycles. The van der Waals surface area contributed by atoms with Crippen LogP contribution in [-0.4, -0.2) is 39.0 Å². The number of thiazole rings is 1. The van der Waals surface area contributed by atoms with E-state index in [1.165, 1.54) is 4.88 Å². The van der Waals surface area contributed by atoms with Crippen LogP contribution in [0.2, 0.25) is 0 Å². The highest BCUT2D eigenvalue weighted by atomic mass is 32.1. The number of aromatic nitrogens is 3. The number of benzene rings is 1. The number of amides is 1. The summed E-state index contributed by atoms with van der Waals surface area (Å²) in [6.07, 6.45) is 3.10. The minimum absolute atomic E-state index is 0.196. The molecule has 0 atom stereocenters. The van der Waals surface area contributed by atoms with Gasteiger partial charge in [0.25, 0.3) is 11.6 Å². The Bertz CT molecular complexity index is 1310. The summed E-state index contributed by atoms with van der Waals surface area (Å²) in [5, 5.41) is 8.62. The lowest BCUT2D eigenvalue weighted by molar-refractivity contribution is 0.102. The van der Waals surface area contributed by atoms with Crippen molar-refractivity contribution in [1.29, 1.82) is 0 Å². The van der Waals surface area contributed by atoms with Crippen LogP contribution in [0.1, 0.15) is 52.3 Å². The smallest absolute Gasteiger partial charge is 0.259 e. The molecule has 3 aromatic heterocycles. The van der Waals surface area contributed by atoms with E-state index in [2.05, 4.69) is 27.3 Å². The molecule has 4 heterocycles. The summed E-state index contributed by atoms with van der Waals surface area (Å²) in [5.41, 5.74) is 4.48. The van der Waals surface area contributed by atoms with Crippen molar-refractivity contribution in [2.75, 3.05) is 18.4 Å². The Hall–Kier alpha value is -3.10. The van der Waals surface area contributed by atoms with Gasteiger partial charge in [-0.15, -0.1) is 11.3 Å². The summed E-state index contributed by atoms with van der Waals surface area (Å²) in [5.74, 6) is 0.196. The third-order valence-electron chi connectivity index (χ3n) is 6.23. The molecule has 32 heavy (non-hydrogen) atoms. The highest BCUT2D eigenvalue weighted by molar-refractivity contribution is 7.15. The van der Waals surface area contributed by atoms with Gasteiger partial charge in [-0.2, -0.15) is 0 Å². The number of likely N-dealkylation sites (N-methyl/N-ethyl adjacent to an activating group) is 1. The first-order valence-corrected chi connectivity index (χ1v) is 11.9. The van der Waals surface area contributed by atoms with Crippen LogP contribution in [0, 0.1) is 0 Å². The van der Waals surface area contributed by atoms with Crippen molar-refractivity contribution < 1.29 is 9.32 Å². The topological polar surface area (TPSA) is 84.2 Å². The molecule has 162 valence electrons. The molecule has 1 fully saturated rings. The molecule has 1 aromatic carbocycles. The van der Waals surface area contributed by atoms with E-state index in [4.69, 9.17) is 9.51 Å². The molecule has 0 radical (unpaired) electrons. The van der Waals surface area contributed by atoms with E-state index in [-0.39, 0.29) is 5.91 Å². The molecular formula is C24H23N5O2S. The van der Waals surface area contributed by atoms with Gasteiger partial charge in [-0.3, -0.25) is 15.0 Å². The molecular weight excluding hydrogens is 422 g/mol. The van der Waals surface area contributed by atoms with Gasteiger partial charge in [0.05, 0.1) is 16.6 Å². The lowest BCUT2D eigenvalue weighted by Gasteiger charge is -2.23. The number of hydrogen-bond acceptors (Lipinski definition) is 7. The summed E-state index contributed by atoms with van der Waals surface area (Å²) >= 11 is 1.57. The first-order valence-electron chi connectivity index (χ1n) is 11.1. The number of carbonyl (C=O) groups is 1. The molecule has 4 aromatic rings. The molecule has 1 aliphatic carbocycles. The van der Waals surface area contributed by atoms with Crippen molar-refractivity contribution in [3.05, 3.63) is 58.2 Å². The SMILES string of the molecule is CCN1CCc2nc(NC(=O)c3cc(C4CC4)nc4onc(-c5ccccc5)c34)sc2C1. The fraction of sp³-hybridized carbons (Fsp3) is 0.333. The number of rotatable bonds is 5. The monoisotopic (exact) mass is 445 g/mol. The van der Waals surface area contributed by atoms with Crippen LogP contribution in [0.25, 0.3) is 22.4 Å². The van der Waals surface area contributed by atoms with Gasteiger partial charge in [-0.1, -0.05) is 42.4 Å². The van der Waals surface area contributed by atoms with Gasteiger partial charge in [-0.25, -0.2) is 9.97 Å². The van der Waals surface area contributed by atoms with Gasteiger partial charge >= 0.3 is 0 Å². The number of hydrogen-bond donors (Lipinski definition) is 1. The van der Waals surface area contributed by atoms with E-state index in [0.717, 1.165) is 55.8 Å². The van der Waals surface area contributed by atoms with E-state index in [0.29, 0.717) is 33.4 Å². The number of carbonyl (C=O) groups excluding carboxylic acids is 1. The van der Waals surface area contributed by atoms with Crippen molar-refractivity contribution in [1.82, 2.24) is 20.0 Å². The Morgan fingerprint density at radius 3 is 2.88 bits per heavy atom. The molecule has 1 amide bonds. The minimum Gasteiger partial charge on any atom is -0.335 e. The van der Waals surface area contributed by atoms with Crippen LogP contribution >= 0.6 is 11.3 Å². The van der Waals surface area contributed by atoms with Crippen LogP contribution in [0.3, 0.4) is 0 Å². The highest BCUT2D eigenvalue weighted by Crippen LogP contribution is 2.41. The molecule has 0 unspecified atom stereocenters. The predicted molar refractivity (Wildman–Crippen MR) is 124 cm³/mol. The zero-order valence-electron chi connectivity index (χ0n) is 17.8. The van der Waals surface area contributed by atoms with Crippen LogP contribution in [0.4, 0.5) is 5.13 Å². The third-order valence-corrected chi connectivity index (χ3v) is 7.23. The number of nitrogens with zero attached hydrogens (tertiary/aromatic N) is 4. The molecule has 0 saturated heterocycles. The Morgan fingerprint density at radius 1 is 1.25 bits per heavy atom. The number of nitrogens with one attached hydrogen (secondary N) is 1. The van der Waals surface area contributed by atoms with Crippen molar-refractivity contribution in [3.63, 3.8) is 0 Å². The fourth-order valence-electron chi connectivity index (χ4n) is 4.27. The standard InChI is InChI=1S/C24H23N5O2S/c1-2-29-11-10-17-19(13-29)32-24(26-17)27-22(30)16-12-18(14-8-9-14)25-23-20(16)21(28-31-23)15-6-4-3-5-7-15/h3-7,12,14H,2,8-11,13H2,1H3,(H,26,27,30). The second kappa shape index (κ2) is 7.79. The zero-order chi connectivity index (χ0) is 21.7. The number of anilines is 1. The summed E-state index contributed by atoms with van der Waals surface area (Å²) in [7, 11) is 0. The van der Waals surface area contributed by atoms with E-state index < -0.39 is 0 Å². The van der Waals surface area contributed by atoms with Crippen molar-refractivity contribution in [2.45, 2.75) is 38.6 Å². The average Bonchev–Trinajstić information content (AvgIpc) is 3.46. The van der Waals surface area contributed by atoms with Gasteiger partial charge in [0.2, 0.25) is 0 Å². The second-order valence-corrected chi connectivity index (χ2v) is 9.49. The van der Waals surface area contributed by atoms with Crippen LogP contribution in [0.15, 0.2) is 40.9 Å². The summed E-state index contributed by atoms with van der Waals surface area (Å²) in [6, 6.07) is 11.7. The number of pyridine rings is 1. The Kier molecular flexibility index (Phi) is 4.77. The molecule has 2 aliphatic rings. The van der Waals surface area contributed by atoms with Gasteiger partial charge < -0.3 is 4.52 Å². The minimum atomic E-state index is -0.196. The highest BCUT2D eigenvalue weighted by Gasteiger charge is 2.30. The average molecular weight is 446 g/mol. The molecule has 6 rings (SSSR count). The Labute approximate surface area is 189 Å². The van der Waals surface area contributed by atoms with Crippen LogP contribution in [-0.2, 0) is 13.0 Å². The summed E-state index contributed by atoms with van der Waals surface area (Å²) < 4.78 is 5.59. The maximum Gasteiger partial charge on any atom is 0.259 e. The zero-order valence-corrected chi connectivity index (χ0v) is 18.6. The third kappa shape index (κ3) is 3.49. The van der Waals surface area contributed by atoms with Crippen molar-refractivity contribution in [3.8, 4) is 11.3 Å². The second-order valence-electron chi connectivity index (χ2n) is 8.41. The Morgan fingerprint density at radius 2 is 2.09 bits per heavy atom. The first-order chi connectivity index (χ1) is 15.7. The first kappa shape index (κ1) is 19.6. The predicted octanol–water partition coefficient (Wildman–Crippen LogP) is 4.85. The molecule has 1 N–H and O–H groups in total. The summed E-state index contributed by atoms with van der Waals surface area (Å²) in [4.78, 5) is 26.5. The van der Waals surface area contributed by atoms with E-state index in [1.54, 1.807) is 11.3 Å². The van der Waals surface area contributed by atoms with Gasteiger partial charge in [0.15, 0.2) is 5.13 Å². The largest absolute Gasteiger partial charge is 0.335 e. The molecule has 8 heteroatoms.